The van der Waals surface area contributed by atoms with Crippen LogP contribution < -0.4 is 4.90 Å². The van der Waals surface area contributed by atoms with Crippen molar-refractivity contribution < 1.29 is 9.90 Å². The number of para-hydroxylation sites is 1. The van der Waals surface area contributed by atoms with Crippen LogP contribution in [0.5, 0.6) is 5.75 Å². The van der Waals surface area contributed by atoms with Crippen molar-refractivity contribution in [2.45, 2.75) is 38.3 Å². The first-order chi connectivity index (χ1) is 13.0. The highest BCUT2D eigenvalue weighted by Gasteiger charge is 2.42. The van der Waals surface area contributed by atoms with E-state index in [1.807, 2.05) is 6.20 Å². The molecular weight excluding hydrogens is 338 g/mol. The molecule has 0 spiro atoms. The third-order valence-electron chi connectivity index (χ3n) is 5.51. The number of benzene rings is 1. The van der Waals surface area contributed by atoms with Gasteiger partial charge in [0.2, 0.25) is 0 Å². The molecule has 2 aliphatic heterocycles. The average molecular weight is 363 g/mol. The molecule has 27 heavy (non-hydrogen) atoms. The lowest BCUT2D eigenvalue weighted by molar-refractivity contribution is 0.104. The summed E-state index contributed by atoms with van der Waals surface area (Å²) in [4.78, 5) is 21.8. The number of ketones is 1. The number of phenols is 1. The van der Waals surface area contributed by atoms with Gasteiger partial charge in [-0.1, -0.05) is 32.0 Å². The number of carbonyl (C=O) groups excluding carboxylic acids is 1. The highest BCUT2D eigenvalue weighted by molar-refractivity contribution is 6.06. The van der Waals surface area contributed by atoms with Crippen molar-refractivity contribution in [3.05, 3.63) is 66.0 Å². The summed E-state index contributed by atoms with van der Waals surface area (Å²) in [5, 5.41) is 9.82. The number of likely N-dealkylation sites (tertiary alicyclic amines) is 1. The number of fused-ring (bicyclic) bond motifs is 2. The molecule has 4 rings (SSSR count). The van der Waals surface area contributed by atoms with Crippen molar-refractivity contribution in [2.75, 3.05) is 18.0 Å². The van der Waals surface area contributed by atoms with Gasteiger partial charge in [0.25, 0.3) is 0 Å². The summed E-state index contributed by atoms with van der Waals surface area (Å²) in [6.07, 6.45) is 4.54. The molecule has 2 saturated heterocycles. The highest BCUT2D eigenvalue weighted by atomic mass is 16.3. The van der Waals surface area contributed by atoms with Crippen LogP contribution in [0.25, 0.3) is 0 Å². The van der Waals surface area contributed by atoms with Crippen LogP contribution >= 0.6 is 0 Å². The van der Waals surface area contributed by atoms with Crippen molar-refractivity contribution in [3.63, 3.8) is 0 Å². The van der Waals surface area contributed by atoms with Gasteiger partial charge in [0.05, 0.1) is 5.56 Å². The summed E-state index contributed by atoms with van der Waals surface area (Å²) in [7, 11) is 0. The van der Waals surface area contributed by atoms with Gasteiger partial charge in [-0.2, -0.15) is 0 Å². The average Bonchev–Trinajstić information content (AvgIpc) is 3.27. The molecule has 2 aliphatic rings. The van der Waals surface area contributed by atoms with Crippen LogP contribution in [0.15, 0.2) is 54.7 Å². The van der Waals surface area contributed by atoms with Crippen molar-refractivity contribution in [1.82, 2.24) is 9.88 Å². The van der Waals surface area contributed by atoms with E-state index in [4.69, 9.17) is 4.98 Å². The summed E-state index contributed by atoms with van der Waals surface area (Å²) in [6, 6.07) is 13.7. The molecule has 0 aliphatic carbocycles. The Morgan fingerprint density at radius 2 is 1.96 bits per heavy atom. The standard InChI is InChI=1S/C22H25N3O2/c1-15(2)19-7-5-9-22(23-19)25-14-16-12-17(25)13-24(16)11-10-21(27)18-6-3-4-8-20(18)26/h3-11,15-17,26H,12-14H2,1-2H3/b11-10+/t16?,17-/m1/s1. The Morgan fingerprint density at radius 3 is 2.67 bits per heavy atom. The number of rotatable bonds is 5. The Bertz CT molecular complexity index is 877. The number of carbonyl (C=O) groups is 1. The number of nitrogens with zero attached hydrogens (tertiary/aromatic N) is 3. The van der Waals surface area contributed by atoms with Gasteiger partial charge < -0.3 is 14.9 Å². The number of hydrogen-bond donors (Lipinski definition) is 1. The summed E-state index contributed by atoms with van der Waals surface area (Å²) in [5.74, 6) is 1.34. The maximum Gasteiger partial charge on any atom is 0.190 e. The van der Waals surface area contributed by atoms with Crippen LogP contribution in [0, 0.1) is 0 Å². The lowest BCUT2D eigenvalue weighted by Gasteiger charge is -2.34. The third-order valence-corrected chi connectivity index (χ3v) is 5.51. The van der Waals surface area contributed by atoms with Gasteiger partial charge in [-0.15, -0.1) is 0 Å². The number of aromatic hydroxyl groups is 1. The van der Waals surface area contributed by atoms with Gasteiger partial charge >= 0.3 is 0 Å². The van der Waals surface area contributed by atoms with Crippen LogP contribution in [0.3, 0.4) is 0 Å². The van der Waals surface area contributed by atoms with E-state index in [1.165, 1.54) is 6.07 Å². The van der Waals surface area contributed by atoms with Crippen molar-refractivity contribution in [3.8, 4) is 5.75 Å². The van der Waals surface area contributed by atoms with E-state index >= 15 is 0 Å². The summed E-state index contributed by atoms with van der Waals surface area (Å²) >= 11 is 0. The molecule has 5 nitrogen and oxygen atoms in total. The van der Waals surface area contributed by atoms with Gasteiger partial charge in [-0.05, 0) is 36.6 Å². The maximum atomic E-state index is 12.3. The monoisotopic (exact) mass is 363 g/mol. The van der Waals surface area contributed by atoms with Gasteiger partial charge in [-0.3, -0.25) is 4.79 Å². The zero-order valence-electron chi connectivity index (χ0n) is 15.7. The van der Waals surface area contributed by atoms with E-state index in [-0.39, 0.29) is 11.5 Å². The molecule has 1 aromatic carbocycles. The van der Waals surface area contributed by atoms with E-state index < -0.39 is 0 Å². The smallest absolute Gasteiger partial charge is 0.190 e. The van der Waals surface area contributed by atoms with Crippen molar-refractivity contribution in [2.24, 2.45) is 0 Å². The number of hydrogen-bond acceptors (Lipinski definition) is 5. The lowest BCUT2D eigenvalue weighted by atomic mass is 10.1. The maximum absolute atomic E-state index is 12.3. The van der Waals surface area contributed by atoms with Crippen molar-refractivity contribution >= 4 is 11.6 Å². The second-order valence-electron chi connectivity index (χ2n) is 7.66. The van der Waals surface area contributed by atoms with Crippen LogP contribution in [-0.4, -0.2) is 45.9 Å². The first kappa shape index (κ1) is 17.6. The molecule has 0 amide bonds. The Labute approximate surface area is 159 Å². The van der Waals surface area contributed by atoms with E-state index in [9.17, 15) is 9.90 Å². The van der Waals surface area contributed by atoms with E-state index in [0.717, 1.165) is 31.0 Å². The molecule has 1 N–H and O–H groups in total. The number of allylic oxidation sites excluding steroid dienone is 1. The minimum Gasteiger partial charge on any atom is -0.507 e. The first-order valence-electron chi connectivity index (χ1n) is 9.53. The van der Waals surface area contributed by atoms with Crippen LogP contribution in [0.4, 0.5) is 5.82 Å². The summed E-state index contributed by atoms with van der Waals surface area (Å²) in [6.45, 7) is 6.14. The Kier molecular flexibility index (Phi) is 4.60. The summed E-state index contributed by atoms with van der Waals surface area (Å²) < 4.78 is 0. The van der Waals surface area contributed by atoms with E-state index in [2.05, 4.69) is 41.8 Å². The van der Waals surface area contributed by atoms with Gasteiger partial charge in [-0.25, -0.2) is 4.98 Å². The fourth-order valence-corrected chi connectivity index (χ4v) is 4.02. The predicted molar refractivity (Wildman–Crippen MR) is 106 cm³/mol. The molecule has 2 fully saturated rings. The largest absolute Gasteiger partial charge is 0.507 e. The minimum atomic E-state index is -0.168. The number of piperazine rings is 1. The SMILES string of the molecule is CC(C)c1cccc(N2CC3C[C@@H]2CN3/C=C/C(=O)c2ccccc2O)n1. The number of anilines is 1. The topological polar surface area (TPSA) is 56.7 Å². The lowest BCUT2D eigenvalue weighted by Crippen LogP contribution is -2.44. The molecule has 1 unspecified atom stereocenters. The number of phenolic OH excluding ortho intramolecular Hbond substituents is 1. The third kappa shape index (κ3) is 3.42. The highest BCUT2D eigenvalue weighted by Crippen LogP contribution is 2.34. The second kappa shape index (κ2) is 7.06. The van der Waals surface area contributed by atoms with Crippen LogP contribution in [0.2, 0.25) is 0 Å². The zero-order valence-corrected chi connectivity index (χ0v) is 15.7. The Hall–Kier alpha value is -2.82. The van der Waals surface area contributed by atoms with Crippen molar-refractivity contribution in [1.29, 1.82) is 0 Å². The second-order valence-corrected chi connectivity index (χ2v) is 7.66. The number of aromatic nitrogens is 1. The molecular formula is C22H25N3O2. The quantitative estimate of drug-likeness (QED) is 0.650. The predicted octanol–water partition coefficient (Wildman–Crippen LogP) is 3.57. The van der Waals surface area contributed by atoms with Crippen LogP contribution in [-0.2, 0) is 0 Å². The molecule has 2 aromatic rings. The van der Waals surface area contributed by atoms with E-state index in [1.54, 1.807) is 24.3 Å². The molecule has 5 heteroatoms. The minimum absolute atomic E-state index is 0.0253. The molecule has 2 atom stereocenters. The normalized spacial score (nSPS) is 21.6. The fourth-order valence-electron chi connectivity index (χ4n) is 4.02. The Balaban J connectivity index is 1.42. The van der Waals surface area contributed by atoms with Crippen LogP contribution in [0.1, 0.15) is 42.2 Å². The summed E-state index contributed by atoms with van der Waals surface area (Å²) in [5.41, 5.74) is 1.47. The van der Waals surface area contributed by atoms with Gasteiger partial charge in [0.15, 0.2) is 5.78 Å². The first-order valence-corrected chi connectivity index (χ1v) is 9.53. The van der Waals surface area contributed by atoms with Gasteiger partial charge in [0.1, 0.15) is 11.6 Å². The van der Waals surface area contributed by atoms with E-state index in [0.29, 0.717) is 23.6 Å². The molecule has 2 bridgehead atoms. The molecule has 0 saturated carbocycles. The number of pyridine rings is 1. The molecule has 0 radical (unpaired) electrons. The zero-order chi connectivity index (χ0) is 19.0. The fraction of sp³-hybridized carbons (Fsp3) is 0.364. The molecule has 1 aromatic heterocycles. The molecule has 140 valence electrons. The Morgan fingerprint density at radius 1 is 1.15 bits per heavy atom. The van der Waals surface area contributed by atoms with Gasteiger partial charge in [0, 0.05) is 43.1 Å². The molecule has 3 heterocycles.